The fourth-order valence-electron chi connectivity index (χ4n) is 0.905. The molecule has 0 atom stereocenters. The predicted molar refractivity (Wildman–Crippen MR) is 50.0 cm³/mol. The van der Waals surface area contributed by atoms with E-state index in [1.165, 1.54) is 12.1 Å². The predicted octanol–water partition coefficient (Wildman–Crippen LogP) is 2.26. The first kappa shape index (κ1) is 9.45. The molecule has 0 bridgehead atoms. The largest absolute Gasteiger partial charge is 0.320 e. The van der Waals surface area contributed by atoms with Crippen LogP contribution in [-0.4, -0.2) is 5.91 Å². The first-order valence-electron chi connectivity index (χ1n) is 3.83. The number of anilines is 1. The molecule has 0 radical (unpaired) electrons. The molecule has 0 aliphatic rings. The van der Waals surface area contributed by atoms with Crippen LogP contribution in [0.4, 0.5) is 10.1 Å². The molecule has 68 valence electrons. The molecule has 0 fully saturated rings. The zero-order valence-corrected chi connectivity index (χ0v) is 7.30. The number of amides is 1. The molecule has 0 unspecified atom stereocenters. The summed E-state index contributed by atoms with van der Waals surface area (Å²) in [6, 6.07) is 4.60. The Kier molecular flexibility index (Phi) is 2.80. The van der Waals surface area contributed by atoms with Crippen LogP contribution in [0.1, 0.15) is 5.56 Å². The van der Waals surface area contributed by atoms with E-state index in [1.807, 2.05) is 0 Å². The topological polar surface area (TPSA) is 29.1 Å². The SMILES string of the molecule is C=CC(=O)Nc1ccc(C)cc1F. The van der Waals surface area contributed by atoms with E-state index in [0.717, 1.165) is 11.6 Å². The average molecular weight is 179 g/mol. The summed E-state index contributed by atoms with van der Waals surface area (Å²) in [4.78, 5) is 10.8. The lowest BCUT2D eigenvalue weighted by molar-refractivity contribution is -0.111. The van der Waals surface area contributed by atoms with E-state index in [9.17, 15) is 9.18 Å². The van der Waals surface area contributed by atoms with E-state index >= 15 is 0 Å². The number of hydrogen-bond donors (Lipinski definition) is 1. The molecule has 0 saturated carbocycles. The van der Waals surface area contributed by atoms with Crippen molar-refractivity contribution in [3.8, 4) is 0 Å². The molecule has 1 rings (SSSR count). The fraction of sp³-hybridized carbons (Fsp3) is 0.100. The molecule has 1 aromatic rings. The Labute approximate surface area is 76.1 Å². The van der Waals surface area contributed by atoms with Crippen molar-refractivity contribution < 1.29 is 9.18 Å². The Morgan fingerprint density at radius 1 is 1.62 bits per heavy atom. The van der Waals surface area contributed by atoms with Crippen LogP contribution < -0.4 is 5.32 Å². The number of rotatable bonds is 2. The van der Waals surface area contributed by atoms with Gasteiger partial charge in [-0.1, -0.05) is 12.6 Å². The molecule has 0 saturated heterocycles. The molecule has 1 amide bonds. The van der Waals surface area contributed by atoms with Crippen LogP contribution in [0.3, 0.4) is 0 Å². The Balaban J connectivity index is 2.89. The fourth-order valence-corrected chi connectivity index (χ4v) is 0.905. The molecule has 1 N–H and O–H groups in total. The summed E-state index contributed by atoms with van der Waals surface area (Å²) in [5.74, 6) is -0.849. The van der Waals surface area contributed by atoms with Gasteiger partial charge in [0.15, 0.2) is 0 Å². The lowest BCUT2D eigenvalue weighted by Crippen LogP contribution is -2.08. The van der Waals surface area contributed by atoms with Crippen LogP contribution in [0.5, 0.6) is 0 Å². The van der Waals surface area contributed by atoms with Crippen LogP contribution in [0.15, 0.2) is 30.9 Å². The third-order valence-corrected chi connectivity index (χ3v) is 1.57. The summed E-state index contributed by atoms with van der Waals surface area (Å²) in [5.41, 5.74) is 0.990. The van der Waals surface area contributed by atoms with Gasteiger partial charge >= 0.3 is 0 Å². The molecule has 0 spiro atoms. The molecular formula is C10H10FNO. The highest BCUT2D eigenvalue weighted by molar-refractivity contribution is 5.98. The van der Waals surface area contributed by atoms with Gasteiger partial charge in [0, 0.05) is 0 Å². The van der Waals surface area contributed by atoms with Crippen LogP contribution in [0, 0.1) is 12.7 Å². The van der Waals surface area contributed by atoms with Crippen molar-refractivity contribution in [3.05, 3.63) is 42.2 Å². The minimum absolute atomic E-state index is 0.176. The summed E-state index contributed by atoms with van der Waals surface area (Å²) in [7, 11) is 0. The lowest BCUT2D eigenvalue weighted by atomic mass is 10.2. The van der Waals surface area contributed by atoms with E-state index in [-0.39, 0.29) is 5.69 Å². The first-order chi connectivity index (χ1) is 6.13. The average Bonchev–Trinajstić information content (AvgIpc) is 2.09. The molecule has 2 nitrogen and oxygen atoms in total. The number of nitrogens with one attached hydrogen (secondary N) is 1. The second-order valence-electron chi connectivity index (χ2n) is 2.68. The lowest BCUT2D eigenvalue weighted by Gasteiger charge is -2.03. The molecule has 0 aliphatic heterocycles. The molecule has 1 aromatic carbocycles. The van der Waals surface area contributed by atoms with E-state index < -0.39 is 11.7 Å². The zero-order chi connectivity index (χ0) is 9.84. The van der Waals surface area contributed by atoms with Gasteiger partial charge in [-0.25, -0.2) is 4.39 Å². The third-order valence-electron chi connectivity index (χ3n) is 1.57. The van der Waals surface area contributed by atoms with Crippen molar-refractivity contribution in [2.75, 3.05) is 5.32 Å². The number of benzene rings is 1. The maximum Gasteiger partial charge on any atom is 0.247 e. The number of carbonyl (C=O) groups is 1. The van der Waals surface area contributed by atoms with Crippen molar-refractivity contribution in [1.82, 2.24) is 0 Å². The van der Waals surface area contributed by atoms with E-state index in [1.54, 1.807) is 13.0 Å². The second-order valence-corrected chi connectivity index (χ2v) is 2.68. The highest BCUT2D eigenvalue weighted by atomic mass is 19.1. The monoisotopic (exact) mass is 179 g/mol. The van der Waals surface area contributed by atoms with Gasteiger partial charge < -0.3 is 5.32 Å². The van der Waals surface area contributed by atoms with Gasteiger partial charge in [0.2, 0.25) is 5.91 Å². The van der Waals surface area contributed by atoms with Gasteiger partial charge in [0.25, 0.3) is 0 Å². The Bertz CT molecular complexity index is 347. The summed E-state index contributed by atoms with van der Waals surface area (Å²) < 4.78 is 13.1. The van der Waals surface area contributed by atoms with Crippen molar-refractivity contribution in [3.63, 3.8) is 0 Å². The molecule has 0 heterocycles. The zero-order valence-electron chi connectivity index (χ0n) is 7.30. The van der Waals surface area contributed by atoms with Crippen LogP contribution in [0.2, 0.25) is 0 Å². The highest BCUT2D eigenvalue weighted by Crippen LogP contribution is 2.14. The molecule has 0 aromatic heterocycles. The summed E-state index contributed by atoms with van der Waals surface area (Å²) >= 11 is 0. The van der Waals surface area contributed by atoms with Crippen LogP contribution >= 0.6 is 0 Å². The summed E-state index contributed by atoms with van der Waals surface area (Å²) in [5, 5.41) is 2.36. The third kappa shape index (κ3) is 2.40. The number of carbonyl (C=O) groups excluding carboxylic acids is 1. The normalized spacial score (nSPS) is 9.38. The van der Waals surface area contributed by atoms with Gasteiger partial charge in [-0.3, -0.25) is 4.79 Å². The highest BCUT2D eigenvalue weighted by Gasteiger charge is 2.03. The minimum atomic E-state index is -0.435. The van der Waals surface area contributed by atoms with Gasteiger partial charge in [-0.15, -0.1) is 0 Å². The van der Waals surface area contributed by atoms with E-state index in [0.29, 0.717) is 0 Å². The number of hydrogen-bond acceptors (Lipinski definition) is 1. The van der Waals surface area contributed by atoms with E-state index in [4.69, 9.17) is 0 Å². The van der Waals surface area contributed by atoms with Gasteiger partial charge in [0.05, 0.1) is 5.69 Å². The Morgan fingerprint density at radius 2 is 2.31 bits per heavy atom. The maximum atomic E-state index is 13.1. The van der Waals surface area contributed by atoms with Gasteiger partial charge in [-0.05, 0) is 30.7 Å². The van der Waals surface area contributed by atoms with Crippen molar-refractivity contribution in [1.29, 1.82) is 0 Å². The Hall–Kier alpha value is -1.64. The molecule has 13 heavy (non-hydrogen) atoms. The number of aryl methyl sites for hydroxylation is 1. The van der Waals surface area contributed by atoms with Crippen LogP contribution in [-0.2, 0) is 4.79 Å². The van der Waals surface area contributed by atoms with Crippen LogP contribution in [0.25, 0.3) is 0 Å². The van der Waals surface area contributed by atoms with Gasteiger partial charge in [-0.2, -0.15) is 0 Å². The Morgan fingerprint density at radius 3 is 2.85 bits per heavy atom. The van der Waals surface area contributed by atoms with Gasteiger partial charge in [0.1, 0.15) is 5.82 Å². The van der Waals surface area contributed by atoms with Crippen molar-refractivity contribution in [2.45, 2.75) is 6.92 Å². The molecular weight excluding hydrogens is 169 g/mol. The standard InChI is InChI=1S/C10H10FNO/c1-3-10(13)12-9-5-4-7(2)6-8(9)11/h3-6H,1H2,2H3,(H,12,13). The smallest absolute Gasteiger partial charge is 0.247 e. The minimum Gasteiger partial charge on any atom is -0.320 e. The first-order valence-corrected chi connectivity index (χ1v) is 3.83. The molecule has 3 heteroatoms. The van der Waals surface area contributed by atoms with E-state index in [2.05, 4.69) is 11.9 Å². The summed E-state index contributed by atoms with van der Waals surface area (Å²) in [6.45, 7) is 5.05. The van der Waals surface area contributed by atoms with Crippen molar-refractivity contribution in [2.24, 2.45) is 0 Å². The quantitative estimate of drug-likeness (QED) is 0.693. The maximum absolute atomic E-state index is 13.1. The molecule has 0 aliphatic carbocycles. The second kappa shape index (κ2) is 3.85. The summed E-state index contributed by atoms with van der Waals surface area (Å²) in [6.07, 6.45) is 1.10. The van der Waals surface area contributed by atoms with Crippen molar-refractivity contribution >= 4 is 11.6 Å². The number of halogens is 1.